The number of amides is 1. The second-order valence-corrected chi connectivity index (χ2v) is 4.31. The molecule has 1 aromatic carbocycles. The second-order valence-electron chi connectivity index (χ2n) is 4.31. The van der Waals surface area contributed by atoms with Gasteiger partial charge in [0.25, 0.3) is 0 Å². The normalized spacial score (nSPS) is 19.2. The Labute approximate surface area is 101 Å². The van der Waals surface area contributed by atoms with E-state index in [2.05, 4.69) is 0 Å². The number of hydrogen-bond acceptors (Lipinski definition) is 3. The number of carbonyl (C=O) groups excluding carboxylic acids is 1. The molecule has 1 amide bonds. The van der Waals surface area contributed by atoms with Gasteiger partial charge in [0.2, 0.25) is 5.91 Å². The average Bonchev–Trinajstić information content (AvgIpc) is 2.82. The molecule has 1 atom stereocenters. The molecule has 0 saturated carbocycles. The van der Waals surface area contributed by atoms with Gasteiger partial charge in [-0.2, -0.15) is 0 Å². The zero-order chi connectivity index (χ0) is 12.3. The van der Waals surface area contributed by atoms with E-state index >= 15 is 0 Å². The maximum Gasteiger partial charge on any atom is 0.229 e. The largest absolute Gasteiger partial charge is 0.508 e. The summed E-state index contributed by atoms with van der Waals surface area (Å²) in [4.78, 5) is 13.6. The highest BCUT2D eigenvalue weighted by molar-refractivity contribution is 5.93. The van der Waals surface area contributed by atoms with Crippen LogP contribution in [0.3, 0.4) is 0 Å². The van der Waals surface area contributed by atoms with Crippen molar-refractivity contribution in [2.45, 2.75) is 25.4 Å². The zero-order valence-corrected chi connectivity index (χ0v) is 9.93. The van der Waals surface area contributed by atoms with Gasteiger partial charge in [-0.1, -0.05) is 0 Å². The highest BCUT2D eigenvalue weighted by Crippen LogP contribution is 2.20. The summed E-state index contributed by atoms with van der Waals surface area (Å²) in [6.45, 7) is 0.765. The Hall–Kier alpha value is -1.55. The van der Waals surface area contributed by atoms with Crippen molar-refractivity contribution in [3.63, 3.8) is 0 Å². The minimum absolute atomic E-state index is 0.0441. The van der Waals surface area contributed by atoms with Gasteiger partial charge in [0.05, 0.1) is 12.5 Å². The first-order valence-corrected chi connectivity index (χ1v) is 5.84. The Morgan fingerprint density at radius 3 is 2.76 bits per heavy atom. The fourth-order valence-electron chi connectivity index (χ4n) is 1.96. The predicted molar refractivity (Wildman–Crippen MR) is 65.1 cm³/mol. The molecule has 0 radical (unpaired) electrons. The minimum Gasteiger partial charge on any atom is -0.508 e. The Bertz CT molecular complexity index is 382. The highest BCUT2D eigenvalue weighted by Gasteiger charge is 2.21. The fraction of sp³-hybridized carbons (Fsp3) is 0.462. The van der Waals surface area contributed by atoms with E-state index in [0.717, 1.165) is 25.1 Å². The first kappa shape index (κ1) is 11.9. The van der Waals surface area contributed by atoms with Crippen LogP contribution in [-0.2, 0) is 9.53 Å². The summed E-state index contributed by atoms with van der Waals surface area (Å²) < 4.78 is 5.44. The number of carbonyl (C=O) groups is 1. The van der Waals surface area contributed by atoms with E-state index < -0.39 is 0 Å². The van der Waals surface area contributed by atoms with Gasteiger partial charge < -0.3 is 14.7 Å². The van der Waals surface area contributed by atoms with Gasteiger partial charge in [0.15, 0.2) is 0 Å². The molecule has 1 unspecified atom stereocenters. The lowest BCUT2D eigenvalue weighted by Crippen LogP contribution is -2.29. The summed E-state index contributed by atoms with van der Waals surface area (Å²) in [6.07, 6.45) is 2.51. The molecule has 4 nitrogen and oxygen atoms in total. The van der Waals surface area contributed by atoms with Crippen molar-refractivity contribution in [2.75, 3.05) is 18.6 Å². The molecule has 1 aliphatic rings. The van der Waals surface area contributed by atoms with Gasteiger partial charge in [-0.05, 0) is 37.1 Å². The lowest BCUT2D eigenvalue weighted by Gasteiger charge is -2.19. The molecule has 1 fully saturated rings. The summed E-state index contributed by atoms with van der Waals surface area (Å²) in [7, 11) is 1.74. The lowest BCUT2D eigenvalue weighted by molar-refractivity contribution is -0.120. The Balaban J connectivity index is 1.96. The van der Waals surface area contributed by atoms with E-state index in [-0.39, 0.29) is 17.8 Å². The van der Waals surface area contributed by atoms with E-state index in [9.17, 15) is 9.90 Å². The third kappa shape index (κ3) is 2.97. The Morgan fingerprint density at radius 1 is 1.47 bits per heavy atom. The molecular formula is C13H17NO3. The number of benzene rings is 1. The quantitative estimate of drug-likeness (QED) is 0.870. The van der Waals surface area contributed by atoms with Crippen LogP contribution in [0, 0.1) is 0 Å². The zero-order valence-electron chi connectivity index (χ0n) is 9.93. The van der Waals surface area contributed by atoms with Crippen LogP contribution in [0.25, 0.3) is 0 Å². The van der Waals surface area contributed by atoms with Crippen LogP contribution in [0.2, 0.25) is 0 Å². The number of hydrogen-bond donors (Lipinski definition) is 1. The third-order valence-corrected chi connectivity index (χ3v) is 3.04. The SMILES string of the molecule is CN(C(=O)CC1CCCO1)c1ccc(O)cc1. The van der Waals surface area contributed by atoms with Crippen molar-refractivity contribution in [1.29, 1.82) is 0 Å². The Kier molecular flexibility index (Phi) is 3.64. The van der Waals surface area contributed by atoms with Crippen molar-refractivity contribution in [2.24, 2.45) is 0 Å². The number of rotatable bonds is 3. The van der Waals surface area contributed by atoms with Crippen LogP contribution in [0.5, 0.6) is 5.75 Å². The third-order valence-electron chi connectivity index (χ3n) is 3.04. The van der Waals surface area contributed by atoms with E-state index in [1.165, 1.54) is 0 Å². The van der Waals surface area contributed by atoms with E-state index in [1.54, 1.807) is 36.2 Å². The molecule has 92 valence electrons. The van der Waals surface area contributed by atoms with Gasteiger partial charge in [0.1, 0.15) is 5.75 Å². The van der Waals surface area contributed by atoms with E-state index in [1.807, 2.05) is 0 Å². The van der Waals surface area contributed by atoms with Crippen molar-refractivity contribution < 1.29 is 14.6 Å². The van der Waals surface area contributed by atoms with Crippen LogP contribution in [0.15, 0.2) is 24.3 Å². The van der Waals surface area contributed by atoms with Crippen molar-refractivity contribution in [3.05, 3.63) is 24.3 Å². The molecule has 0 bridgehead atoms. The molecule has 1 aromatic rings. The summed E-state index contributed by atoms with van der Waals surface area (Å²) in [5, 5.41) is 9.18. The molecule has 1 aliphatic heterocycles. The number of phenols is 1. The van der Waals surface area contributed by atoms with Crippen LogP contribution in [-0.4, -0.2) is 30.8 Å². The van der Waals surface area contributed by atoms with Gasteiger partial charge in [-0.25, -0.2) is 0 Å². The highest BCUT2D eigenvalue weighted by atomic mass is 16.5. The molecule has 1 saturated heterocycles. The molecule has 0 spiro atoms. The topological polar surface area (TPSA) is 49.8 Å². The standard InChI is InChI=1S/C13H17NO3/c1-14(10-4-6-11(15)7-5-10)13(16)9-12-3-2-8-17-12/h4-7,12,15H,2-3,8-9H2,1H3. The summed E-state index contributed by atoms with van der Waals surface area (Å²) >= 11 is 0. The number of nitrogens with zero attached hydrogens (tertiary/aromatic N) is 1. The molecular weight excluding hydrogens is 218 g/mol. The summed E-state index contributed by atoms with van der Waals surface area (Å²) in [6, 6.07) is 6.60. The molecule has 4 heteroatoms. The second kappa shape index (κ2) is 5.19. The number of phenolic OH excluding ortho intramolecular Hbond substituents is 1. The summed E-state index contributed by atoms with van der Waals surface area (Å²) in [5.74, 6) is 0.247. The average molecular weight is 235 g/mol. The number of anilines is 1. The van der Waals surface area contributed by atoms with Crippen LogP contribution in [0.1, 0.15) is 19.3 Å². The van der Waals surface area contributed by atoms with Crippen molar-refractivity contribution in [1.82, 2.24) is 0 Å². The Morgan fingerprint density at radius 2 is 2.18 bits per heavy atom. The van der Waals surface area contributed by atoms with Gasteiger partial charge in [-0.15, -0.1) is 0 Å². The maximum absolute atomic E-state index is 12.0. The maximum atomic E-state index is 12.0. The number of ether oxygens (including phenoxy) is 1. The predicted octanol–water partition coefficient (Wildman–Crippen LogP) is 1.92. The molecule has 17 heavy (non-hydrogen) atoms. The smallest absolute Gasteiger partial charge is 0.229 e. The molecule has 0 aliphatic carbocycles. The monoisotopic (exact) mass is 235 g/mol. The minimum atomic E-state index is 0.0441. The van der Waals surface area contributed by atoms with Gasteiger partial charge in [0, 0.05) is 19.3 Å². The van der Waals surface area contributed by atoms with Gasteiger partial charge >= 0.3 is 0 Å². The fourth-order valence-corrected chi connectivity index (χ4v) is 1.96. The van der Waals surface area contributed by atoms with Gasteiger partial charge in [-0.3, -0.25) is 4.79 Å². The molecule has 2 rings (SSSR count). The molecule has 1 N–H and O–H groups in total. The van der Waals surface area contributed by atoms with Crippen molar-refractivity contribution >= 4 is 11.6 Å². The first-order valence-electron chi connectivity index (χ1n) is 5.84. The molecule has 0 aromatic heterocycles. The van der Waals surface area contributed by atoms with Crippen molar-refractivity contribution in [3.8, 4) is 5.75 Å². The van der Waals surface area contributed by atoms with Crippen LogP contribution < -0.4 is 4.90 Å². The summed E-state index contributed by atoms with van der Waals surface area (Å²) in [5.41, 5.74) is 0.783. The van der Waals surface area contributed by atoms with Crippen LogP contribution in [0.4, 0.5) is 5.69 Å². The lowest BCUT2D eigenvalue weighted by atomic mass is 10.1. The van der Waals surface area contributed by atoms with E-state index in [4.69, 9.17) is 4.74 Å². The van der Waals surface area contributed by atoms with Crippen LogP contribution >= 0.6 is 0 Å². The first-order chi connectivity index (χ1) is 8.16. The molecule has 1 heterocycles. The van der Waals surface area contributed by atoms with E-state index in [0.29, 0.717) is 6.42 Å². The number of aromatic hydroxyl groups is 1.